The molecule has 0 aromatic heterocycles. The van der Waals surface area contributed by atoms with E-state index < -0.39 is 20.5 Å². The van der Waals surface area contributed by atoms with Gasteiger partial charge >= 0.3 is 6.18 Å². The summed E-state index contributed by atoms with van der Waals surface area (Å²) in [6.07, 6.45) is -0.814. The lowest BCUT2D eigenvalue weighted by atomic mass is 9.97. The molecule has 0 bridgehead atoms. The zero-order valence-corrected chi connectivity index (χ0v) is 17.8. The number of morpholine rings is 1. The molecule has 1 aliphatic rings. The Bertz CT molecular complexity index is 580. The minimum Gasteiger partial charge on any atom is -0.373 e. The van der Waals surface area contributed by atoms with Crippen molar-refractivity contribution in [3.05, 3.63) is 47.7 Å². The van der Waals surface area contributed by atoms with Crippen LogP contribution in [0.5, 0.6) is 0 Å². The minimum absolute atomic E-state index is 0.138. The predicted octanol–water partition coefficient (Wildman–Crippen LogP) is 5.61. The number of nitrogens with zero attached hydrogens (tertiary/aromatic N) is 1. The fourth-order valence-electron chi connectivity index (χ4n) is 3.85. The maximum Gasteiger partial charge on any atom is 0.416 e. The Morgan fingerprint density at radius 1 is 1.19 bits per heavy atom. The third-order valence-electron chi connectivity index (χ3n) is 5.30. The van der Waals surface area contributed by atoms with E-state index in [9.17, 15) is 13.2 Å². The van der Waals surface area contributed by atoms with Crippen LogP contribution in [0.15, 0.2) is 36.5 Å². The summed E-state index contributed by atoms with van der Waals surface area (Å²) in [6.45, 7) is 11.9. The van der Waals surface area contributed by atoms with E-state index >= 15 is 0 Å². The van der Waals surface area contributed by atoms with E-state index in [1.807, 2.05) is 0 Å². The average molecular weight is 400 g/mol. The maximum atomic E-state index is 12.9. The van der Waals surface area contributed by atoms with Gasteiger partial charge in [-0.3, -0.25) is 4.90 Å². The van der Waals surface area contributed by atoms with Crippen molar-refractivity contribution in [1.82, 2.24) is 4.90 Å². The molecule has 1 aliphatic heterocycles. The SMILES string of the molecule is C=C[SiH](C)CCCCC(c1ccc(C(F)(F)F)cc1)N1CC(C)OC(C)C1. The highest BCUT2D eigenvalue weighted by Gasteiger charge is 2.32. The van der Waals surface area contributed by atoms with Crippen molar-refractivity contribution in [1.29, 1.82) is 0 Å². The molecule has 2 rings (SSSR count). The van der Waals surface area contributed by atoms with Gasteiger partial charge < -0.3 is 4.74 Å². The standard InChI is InChI=1S/C21H32F3NOSi/c1-5-27(4)13-7-6-8-20(25-14-16(2)26-17(3)15-25)18-9-11-19(12-10-18)21(22,23)24/h5,9-12,16-17,20,27H,1,6-8,13-15H2,2-4H3. The minimum atomic E-state index is -4.29. The number of unbranched alkanes of at least 4 members (excludes halogenated alkanes) is 1. The number of benzene rings is 1. The zero-order valence-electron chi connectivity index (χ0n) is 16.6. The second-order valence-electron chi connectivity index (χ2n) is 7.84. The van der Waals surface area contributed by atoms with Crippen LogP contribution >= 0.6 is 0 Å². The van der Waals surface area contributed by atoms with Gasteiger partial charge in [0.05, 0.1) is 26.6 Å². The fourth-order valence-corrected chi connectivity index (χ4v) is 5.02. The number of rotatable bonds is 8. The Morgan fingerprint density at radius 2 is 1.78 bits per heavy atom. The van der Waals surface area contributed by atoms with E-state index in [2.05, 4.69) is 37.6 Å². The second kappa shape index (κ2) is 9.89. The molecule has 1 aromatic rings. The van der Waals surface area contributed by atoms with Gasteiger partial charge in [-0.25, -0.2) is 0 Å². The first-order valence-corrected chi connectivity index (χ1v) is 12.5. The summed E-state index contributed by atoms with van der Waals surface area (Å²) in [5.41, 5.74) is 2.50. The summed E-state index contributed by atoms with van der Waals surface area (Å²) >= 11 is 0. The summed E-state index contributed by atoms with van der Waals surface area (Å²) in [5, 5.41) is 0. The fraction of sp³-hybridized carbons (Fsp3) is 0.619. The van der Waals surface area contributed by atoms with E-state index in [1.165, 1.54) is 18.2 Å². The van der Waals surface area contributed by atoms with Crippen LogP contribution in [-0.2, 0) is 10.9 Å². The Morgan fingerprint density at radius 3 is 2.30 bits per heavy atom. The molecule has 4 atom stereocenters. The first kappa shape index (κ1) is 22.2. The number of hydrogen-bond acceptors (Lipinski definition) is 2. The van der Waals surface area contributed by atoms with Gasteiger partial charge in [0.25, 0.3) is 0 Å². The molecular weight excluding hydrogens is 367 g/mol. The Balaban J connectivity index is 2.12. The first-order chi connectivity index (χ1) is 12.7. The smallest absolute Gasteiger partial charge is 0.373 e. The number of alkyl halides is 3. The van der Waals surface area contributed by atoms with Gasteiger partial charge in [0.15, 0.2) is 0 Å². The Hall–Kier alpha value is -1.11. The van der Waals surface area contributed by atoms with Crippen LogP contribution in [0.25, 0.3) is 0 Å². The predicted molar refractivity (Wildman–Crippen MR) is 108 cm³/mol. The monoisotopic (exact) mass is 399 g/mol. The van der Waals surface area contributed by atoms with Crippen LogP contribution < -0.4 is 0 Å². The number of halogens is 3. The van der Waals surface area contributed by atoms with Crippen molar-refractivity contribution < 1.29 is 17.9 Å². The van der Waals surface area contributed by atoms with E-state index in [-0.39, 0.29) is 18.2 Å². The zero-order chi connectivity index (χ0) is 20.0. The molecule has 0 spiro atoms. The molecule has 1 heterocycles. The van der Waals surface area contributed by atoms with Crippen molar-refractivity contribution in [3.63, 3.8) is 0 Å². The second-order valence-corrected chi connectivity index (χ2v) is 10.8. The first-order valence-electron chi connectivity index (χ1n) is 9.90. The van der Waals surface area contributed by atoms with E-state index in [1.54, 1.807) is 12.1 Å². The molecule has 152 valence electrons. The van der Waals surface area contributed by atoms with Crippen LogP contribution in [0.2, 0.25) is 12.6 Å². The van der Waals surface area contributed by atoms with Crippen molar-refractivity contribution >= 4 is 8.80 Å². The summed E-state index contributed by atoms with van der Waals surface area (Å²) < 4.78 is 44.6. The van der Waals surface area contributed by atoms with Crippen LogP contribution in [-0.4, -0.2) is 39.0 Å². The lowest BCUT2D eigenvalue weighted by Crippen LogP contribution is -2.47. The van der Waals surface area contributed by atoms with Crippen LogP contribution in [0.4, 0.5) is 13.2 Å². The van der Waals surface area contributed by atoms with Gasteiger partial charge in [0.2, 0.25) is 0 Å². The lowest BCUT2D eigenvalue weighted by molar-refractivity contribution is -0.137. The third-order valence-corrected chi connectivity index (χ3v) is 7.42. The molecule has 27 heavy (non-hydrogen) atoms. The maximum absolute atomic E-state index is 12.9. The summed E-state index contributed by atoms with van der Waals surface area (Å²) in [5.74, 6) is 0. The number of ether oxygens (including phenoxy) is 1. The molecule has 0 aliphatic carbocycles. The molecule has 4 unspecified atom stereocenters. The summed E-state index contributed by atoms with van der Waals surface area (Å²) in [4.78, 5) is 2.38. The molecular formula is C21H32F3NOSi. The molecule has 6 heteroatoms. The van der Waals surface area contributed by atoms with Gasteiger partial charge in [0, 0.05) is 19.1 Å². The van der Waals surface area contributed by atoms with Gasteiger partial charge in [-0.1, -0.05) is 37.6 Å². The normalized spacial score (nSPS) is 23.8. The topological polar surface area (TPSA) is 12.5 Å². The van der Waals surface area contributed by atoms with Gasteiger partial charge in [-0.15, -0.1) is 12.3 Å². The van der Waals surface area contributed by atoms with Crippen molar-refractivity contribution in [2.75, 3.05) is 13.1 Å². The largest absolute Gasteiger partial charge is 0.416 e. The van der Waals surface area contributed by atoms with E-state index in [0.717, 1.165) is 37.9 Å². The van der Waals surface area contributed by atoms with Gasteiger partial charge in [0.1, 0.15) is 0 Å². The van der Waals surface area contributed by atoms with E-state index in [4.69, 9.17) is 4.74 Å². The molecule has 2 nitrogen and oxygen atoms in total. The quantitative estimate of drug-likeness (QED) is 0.416. The van der Waals surface area contributed by atoms with E-state index in [0.29, 0.717) is 0 Å². The highest BCUT2D eigenvalue weighted by Crippen LogP contribution is 2.33. The van der Waals surface area contributed by atoms with Crippen molar-refractivity contribution in [2.45, 2.75) is 70.1 Å². The van der Waals surface area contributed by atoms with Crippen LogP contribution in [0.1, 0.15) is 50.3 Å². The van der Waals surface area contributed by atoms with Crippen LogP contribution in [0.3, 0.4) is 0 Å². The molecule has 0 amide bonds. The summed E-state index contributed by atoms with van der Waals surface area (Å²) in [7, 11) is -0.793. The average Bonchev–Trinajstić information content (AvgIpc) is 2.60. The Kier molecular flexibility index (Phi) is 8.13. The number of hydrogen-bond donors (Lipinski definition) is 0. The van der Waals surface area contributed by atoms with Gasteiger partial charge in [-0.2, -0.15) is 13.2 Å². The Labute approximate surface area is 163 Å². The molecule has 0 saturated carbocycles. The van der Waals surface area contributed by atoms with Crippen LogP contribution in [0, 0.1) is 0 Å². The molecule has 0 radical (unpaired) electrons. The molecule has 1 fully saturated rings. The van der Waals surface area contributed by atoms with Gasteiger partial charge in [-0.05, 0) is 38.0 Å². The molecule has 0 N–H and O–H groups in total. The van der Waals surface area contributed by atoms with Crippen molar-refractivity contribution in [3.8, 4) is 0 Å². The summed E-state index contributed by atoms with van der Waals surface area (Å²) in [6, 6.07) is 7.10. The highest BCUT2D eigenvalue weighted by molar-refractivity contribution is 6.62. The molecule has 1 saturated heterocycles. The third kappa shape index (κ3) is 6.77. The lowest BCUT2D eigenvalue weighted by Gasteiger charge is -2.40. The van der Waals surface area contributed by atoms with Crippen molar-refractivity contribution in [2.24, 2.45) is 0 Å². The highest BCUT2D eigenvalue weighted by atomic mass is 28.3. The molecule has 1 aromatic carbocycles.